The lowest BCUT2D eigenvalue weighted by Gasteiger charge is -2.41. The number of amides is 10. The third-order valence-electron chi connectivity index (χ3n) is 12.9. The number of primary amides is 1. The maximum absolute atomic E-state index is 15.5. The highest BCUT2D eigenvalue weighted by Crippen LogP contribution is 2.41. The third kappa shape index (κ3) is 17.5. The maximum Gasteiger partial charge on any atom is 0.254 e. The third-order valence-corrected chi connectivity index (χ3v) is 12.9. The number of pyridine rings is 1. The summed E-state index contributed by atoms with van der Waals surface area (Å²) < 4.78 is 40.3. The fourth-order valence-corrected chi connectivity index (χ4v) is 9.00. The van der Waals surface area contributed by atoms with E-state index in [-0.39, 0.29) is 43.6 Å². The van der Waals surface area contributed by atoms with Gasteiger partial charge in [0.15, 0.2) is 1.41 Å². The normalized spacial score (nSPS) is 14.1. The van der Waals surface area contributed by atoms with E-state index in [1.165, 1.54) is 36.7 Å². The number of hydrogen-bond acceptors (Lipinski definition) is 13. The molecule has 10 N–H and O–H groups in total. The number of carbonyl (C=O) groups is 10. The average molecular weight is 1140 g/mol. The van der Waals surface area contributed by atoms with Gasteiger partial charge in [0.05, 0.1) is 25.2 Å². The summed E-state index contributed by atoms with van der Waals surface area (Å²) in [4.78, 5) is 146. The minimum absolute atomic E-state index is 0.0811. The van der Waals surface area contributed by atoms with Crippen LogP contribution in [-0.4, -0.2) is 150 Å². The number of benzene rings is 2. The predicted octanol–water partition coefficient (Wildman–Crippen LogP) is 0.375. The predicted molar refractivity (Wildman–Crippen MR) is 290 cm³/mol. The summed E-state index contributed by atoms with van der Waals surface area (Å²) in [5, 5.41) is 23.5. The first kappa shape index (κ1) is 60.2. The number of aliphatic hydroxyl groups excluding tert-OH is 1. The molecule has 0 spiro atoms. The van der Waals surface area contributed by atoms with Crippen molar-refractivity contribution in [3.8, 4) is 11.1 Å². The number of nitrogens with zero attached hydrogens (tertiary/aromatic N) is 5. The number of imide groups is 1. The Morgan fingerprint density at radius 3 is 2.11 bits per heavy atom. The number of carbonyl (C=O) groups excluding carboxylic acids is 10. The Morgan fingerprint density at radius 1 is 0.805 bits per heavy atom. The van der Waals surface area contributed by atoms with Crippen LogP contribution in [0.2, 0.25) is 1.41 Å². The highest BCUT2D eigenvalue weighted by atomic mass is 19.1. The van der Waals surface area contributed by atoms with Crippen LogP contribution in [-0.2, 0) is 67.3 Å². The molecular formula is C56H65F2N13O11. The number of nitrogens with two attached hydrogens (primary N) is 1. The van der Waals surface area contributed by atoms with Crippen molar-refractivity contribution < 1.29 is 63.2 Å². The molecule has 0 unspecified atom stereocenters. The van der Waals surface area contributed by atoms with Gasteiger partial charge in [-0.25, -0.2) is 13.8 Å². The smallest absolute Gasteiger partial charge is 0.254 e. The van der Waals surface area contributed by atoms with Crippen molar-refractivity contribution in [2.24, 2.45) is 11.1 Å². The molecule has 1 aliphatic heterocycles. The zero-order valence-corrected chi connectivity index (χ0v) is 45.4. The molecule has 10 amide bonds. The van der Waals surface area contributed by atoms with E-state index in [4.69, 9.17) is 7.15 Å². The van der Waals surface area contributed by atoms with Gasteiger partial charge in [-0.15, -0.1) is 0 Å². The fraction of sp³-hybridized carbons (Fsp3) is 0.357. The summed E-state index contributed by atoms with van der Waals surface area (Å²) >= 11 is 0. The molecule has 26 heteroatoms. The SMILES string of the molecule is [2H]N(C(=O)Cc1ccncc1)[C@@H](C)C(=O)N[C@@H](Cc1cnc[nH]1)C(=O)N[C@@H](CC(N)=O)C(=O)N[C@@H](CCN(C(=O)CO)[C@@H](c1cc(-c2cc(F)ccc2F)cn1Cc1ccccc1)C(C)(C)C)C(=O)NCCNC(=O)CN1C(=O)C=CC1=O. The molecule has 6 rings (SSSR count). The largest absolute Gasteiger partial charge is 0.387 e. The monoisotopic (exact) mass is 1130 g/mol. The van der Waals surface area contributed by atoms with E-state index < -0.39 is 139 Å². The lowest BCUT2D eigenvalue weighted by molar-refractivity contribution is -0.141. The van der Waals surface area contributed by atoms with Crippen molar-refractivity contribution in [2.75, 3.05) is 32.8 Å². The van der Waals surface area contributed by atoms with E-state index in [0.717, 1.165) is 35.9 Å². The van der Waals surface area contributed by atoms with E-state index in [1.54, 1.807) is 61.9 Å². The van der Waals surface area contributed by atoms with E-state index in [9.17, 15) is 57.4 Å². The number of aromatic nitrogens is 4. The topological polar surface area (TPSA) is 342 Å². The Labute approximate surface area is 471 Å². The number of nitrogens with one attached hydrogen (secondary N) is 7. The minimum atomic E-state index is -1.85. The molecule has 0 fully saturated rings. The maximum atomic E-state index is 15.5. The molecule has 4 heterocycles. The lowest BCUT2D eigenvalue weighted by Crippen LogP contribution is -2.59. The summed E-state index contributed by atoms with van der Waals surface area (Å²) in [7, 11) is 0. The molecule has 5 aromatic rings. The zero-order chi connectivity index (χ0) is 60.5. The number of aliphatic hydroxyl groups is 1. The van der Waals surface area contributed by atoms with E-state index in [0.29, 0.717) is 27.2 Å². The van der Waals surface area contributed by atoms with E-state index in [1.807, 2.05) is 18.2 Å². The number of halogens is 2. The second-order valence-electron chi connectivity index (χ2n) is 20.3. The second-order valence-corrected chi connectivity index (χ2v) is 20.3. The van der Waals surface area contributed by atoms with Gasteiger partial charge in [-0.2, -0.15) is 0 Å². The first-order chi connectivity index (χ1) is 39.4. The molecule has 2 aromatic carbocycles. The van der Waals surface area contributed by atoms with Crippen LogP contribution >= 0.6 is 0 Å². The number of hydrogen-bond donors (Lipinski definition) is 9. The molecule has 0 aliphatic carbocycles. The van der Waals surface area contributed by atoms with Gasteiger partial charge in [0.2, 0.25) is 47.3 Å². The number of rotatable bonds is 28. The summed E-state index contributed by atoms with van der Waals surface area (Å²) in [6.07, 6.45) is 7.29. The van der Waals surface area contributed by atoms with Gasteiger partial charge >= 0.3 is 0 Å². The molecule has 0 bridgehead atoms. The van der Waals surface area contributed by atoms with Crippen LogP contribution in [0.1, 0.15) is 69.1 Å². The van der Waals surface area contributed by atoms with Crippen molar-refractivity contribution in [1.82, 2.24) is 61.2 Å². The molecule has 24 nitrogen and oxygen atoms in total. The average Bonchev–Trinajstić information content (AvgIpc) is 3.90. The van der Waals surface area contributed by atoms with Crippen LogP contribution in [0.25, 0.3) is 11.1 Å². The molecule has 434 valence electrons. The highest BCUT2D eigenvalue weighted by Gasteiger charge is 2.39. The van der Waals surface area contributed by atoms with Crippen molar-refractivity contribution >= 4 is 59.1 Å². The standard InChI is InChI=1S/C56H65F2N13O11/c1-33(65-46(74)22-34-14-17-60-18-15-34)52(79)67-42(25-38-27-61-32-64-38)54(81)68-43(26-45(59)73)55(82)66-41(53(80)63-20-19-62-47(75)30-71-48(76)12-13-49(71)77)16-21-70(50(78)31-72)51(56(2,3)4)44-23-36(39-24-37(57)10-11-40(39)58)29-69(44)28-35-8-6-5-7-9-35/h5-15,17-18,23-24,27,29,32-33,41-43,51,72H,16,19-22,25-26,28,30-31H2,1-4H3,(H2,59,73)(H,61,64)(H,62,75)(H,63,80)(H,65,74)(H,66,82)(H,67,79)(H,68,81)/t33-,41-,42-,43-,51-/m0/s1/i/hD. The molecule has 0 radical (unpaired) electrons. The fourth-order valence-electron chi connectivity index (χ4n) is 9.00. The van der Waals surface area contributed by atoms with Gasteiger partial charge in [-0.1, -0.05) is 51.1 Å². The van der Waals surface area contributed by atoms with Gasteiger partial charge in [0, 0.05) is 92.1 Å². The Hall–Kier alpha value is -9.46. The molecule has 0 saturated carbocycles. The molecule has 0 saturated heterocycles. The van der Waals surface area contributed by atoms with Crippen molar-refractivity contribution in [3.05, 3.63) is 144 Å². The van der Waals surface area contributed by atoms with Crippen LogP contribution < -0.4 is 37.6 Å². The zero-order valence-electron chi connectivity index (χ0n) is 46.4. The molecule has 5 atom stereocenters. The molecule has 1 aliphatic rings. The number of imidazole rings is 1. The second kappa shape index (κ2) is 28.6. The van der Waals surface area contributed by atoms with E-state index >= 15 is 4.39 Å². The van der Waals surface area contributed by atoms with Gasteiger partial charge < -0.3 is 57.2 Å². The van der Waals surface area contributed by atoms with Gasteiger partial charge in [-0.05, 0) is 66.3 Å². The van der Waals surface area contributed by atoms with Gasteiger partial charge in [0.25, 0.3) is 11.8 Å². The van der Waals surface area contributed by atoms with Crippen molar-refractivity contribution in [3.63, 3.8) is 0 Å². The summed E-state index contributed by atoms with van der Waals surface area (Å²) in [5.41, 5.74) is 6.87. The Balaban J connectivity index is 1.29. The number of H-pyrrole nitrogens is 1. The van der Waals surface area contributed by atoms with Crippen LogP contribution in [0.15, 0.2) is 110 Å². The van der Waals surface area contributed by atoms with Crippen LogP contribution in [0.5, 0.6) is 0 Å². The van der Waals surface area contributed by atoms with Crippen LogP contribution in [0.4, 0.5) is 8.78 Å². The molecule has 3 aromatic heterocycles. The minimum Gasteiger partial charge on any atom is -0.387 e. The quantitative estimate of drug-likeness (QED) is 0.0242. The van der Waals surface area contributed by atoms with Crippen molar-refractivity contribution in [1.29, 1.82) is 0 Å². The lowest BCUT2D eigenvalue weighted by atomic mass is 9.82. The van der Waals surface area contributed by atoms with Gasteiger partial charge in [-0.3, -0.25) is 57.8 Å². The van der Waals surface area contributed by atoms with Crippen LogP contribution in [0, 0.1) is 17.0 Å². The molecular weight excluding hydrogens is 1070 g/mol. The van der Waals surface area contributed by atoms with E-state index in [2.05, 4.69) is 41.5 Å². The highest BCUT2D eigenvalue weighted by molar-refractivity contribution is 6.14. The Morgan fingerprint density at radius 2 is 1.46 bits per heavy atom. The Bertz CT molecular complexity index is 3180. The Kier molecular flexibility index (Phi) is 21.0. The summed E-state index contributed by atoms with van der Waals surface area (Å²) in [6.45, 7) is 4.14. The van der Waals surface area contributed by atoms with Crippen LogP contribution in [0.3, 0.4) is 0 Å². The van der Waals surface area contributed by atoms with Crippen molar-refractivity contribution in [2.45, 2.75) is 90.1 Å². The summed E-state index contributed by atoms with van der Waals surface area (Å²) in [6, 6.07) is 9.25. The summed E-state index contributed by atoms with van der Waals surface area (Å²) in [5.74, 6) is -10.4. The first-order valence-corrected chi connectivity index (χ1v) is 26.0. The van der Waals surface area contributed by atoms with Gasteiger partial charge in [0.1, 0.15) is 49.0 Å². The molecule has 82 heavy (non-hydrogen) atoms. The first-order valence-electron chi connectivity index (χ1n) is 26.4. The number of aromatic amines is 1.